The van der Waals surface area contributed by atoms with Crippen LogP contribution in [0.4, 0.5) is 0 Å². The van der Waals surface area contributed by atoms with E-state index in [4.69, 9.17) is 4.74 Å². The van der Waals surface area contributed by atoms with E-state index in [-0.39, 0.29) is 0 Å². The van der Waals surface area contributed by atoms with Gasteiger partial charge in [0.2, 0.25) is 0 Å². The zero-order chi connectivity index (χ0) is 11.7. The summed E-state index contributed by atoms with van der Waals surface area (Å²) in [7, 11) is 1.68. The van der Waals surface area contributed by atoms with Crippen molar-refractivity contribution in [2.75, 3.05) is 7.11 Å². The highest BCUT2D eigenvalue weighted by atomic mass is 16.5. The number of benzene rings is 1. The first-order chi connectivity index (χ1) is 7.65. The summed E-state index contributed by atoms with van der Waals surface area (Å²) in [6.45, 7) is 3.91. The fourth-order valence-electron chi connectivity index (χ4n) is 2.79. The standard InChI is InChI=1S/C14H20O2/c1-9-12-7-5-4-6-11(12)8-13(16-3)14(9)10(2)15/h8,10,15H,4-7H2,1-3H3. The van der Waals surface area contributed by atoms with E-state index in [1.54, 1.807) is 14.0 Å². The Hall–Kier alpha value is -1.02. The van der Waals surface area contributed by atoms with Crippen LogP contribution in [0.2, 0.25) is 0 Å². The number of fused-ring (bicyclic) bond motifs is 1. The molecular formula is C14H20O2. The van der Waals surface area contributed by atoms with Crippen molar-refractivity contribution >= 4 is 0 Å². The number of aryl methyl sites for hydroxylation is 1. The van der Waals surface area contributed by atoms with Crippen molar-refractivity contribution in [3.8, 4) is 5.75 Å². The van der Waals surface area contributed by atoms with E-state index in [1.807, 2.05) is 0 Å². The maximum atomic E-state index is 9.84. The largest absolute Gasteiger partial charge is 0.496 e. The Kier molecular flexibility index (Phi) is 3.20. The topological polar surface area (TPSA) is 29.5 Å². The summed E-state index contributed by atoms with van der Waals surface area (Å²) in [6.07, 6.45) is 4.36. The van der Waals surface area contributed by atoms with Gasteiger partial charge in [-0.15, -0.1) is 0 Å². The van der Waals surface area contributed by atoms with E-state index in [1.165, 1.54) is 29.5 Å². The Bertz CT molecular complexity index is 394. The first kappa shape index (κ1) is 11.5. The van der Waals surface area contributed by atoms with Gasteiger partial charge in [-0.05, 0) is 62.3 Å². The Morgan fingerprint density at radius 2 is 2.00 bits per heavy atom. The molecule has 0 amide bonds. The van der Waals surface area contributed by atoms with Crippen LogP contribution in [0.25, 0.3) is 0 Å². The number of ether oxygens (including phenoxy) is 1. The Morgan fingerprint density at radius 1 is 1.31 bits per heavy atom. The van der Waals surface area contributed by atoms with Crippen molar-refractivity contribution in [1.82, 2.24) is 0 Å². The third-order valence-corrected chi connectivity index (χ3v) is 3.58. The minimum absolute atomic E-state index is 0.456. The van der Waals surface area contributed by atoms with Gasteiger partial charge < -0.3 is 9.84 Å². The number of hydrogen-bond acceptors (Lipinski definition) is 2. The van der Waals surface area contributed by atoms with E-state index >= 15 is 0 Å². The second-order valence-electron chi connectivity index (χ2n) is 4.64. The fraction of sp³-hybridized carbons (Fsp3) is 0.571. The van der Waals surface area contributed by atoms with Crippen molar-refractivity contribution in [3.05, 3.63) is 28.3 Å². The van der Waals surface area contributed by atoms with Crippen LogP contribution in [0.5, 0.6) is 5.75 Å². The lowest BCUT2D eigenvalue weighted by Gasteiger charge is -2.24. The highest BCUT2D eigenvalue weighted by Gasteiger charge is 2.20. The predicted molar refractivity (Wildman–Crippen MR) is 65.0 cm³/mol. The molecule has 0 saturated carbocycles. The van der Waals surface area contributed by atoms with Gasteiger partial charge in [0.15, 0.2) is 0 Å². The molecule has 0 radical (unpaired) electrons. The van der Waals surface area contributed by atoms with Crippen LogP contribution in [0.1, 0.15) is 48.1 Å². The molecule has 0 heterocycles. The average molecular weight is 220 g/mol. The maximum Gasteiger partial charge on any atom is 0.125 e. The van der Waals surface area contributed by atoms with Crippen LogP contribution in [-0.2, 0) is 12.8 Å². The van der Waals surface area contributed by atoms with Crippen molar-refractivity contribution in [3.63, 3.8) is 0 Å². The van der Waals surface area contributed by atoms with Gasteiger partial charge in [0.1, 0.15) is 5.75 Å². The number of rotatable bonds is 2. The molecule has 2 nitrogen and oxygen atoms in total. The van der Waals surface area contributed by atoms with E-state index < -0.39 is 6.10 Å². The van der Waals surface area contributed by atoms with Crippen molar-refractivity contribution in [2.45, 2.75) is 45.6 Å². The zero-order valence-corrected chi connectivity index (χ0v) is 10.3. The average Bonchev–Trinajstić information content (AvgIpc) is 2.28. The van der Waals surface area contributed by atoms with Crippen molar-refractivity contribution in [1.29, 1.82) is 0 Å². The van der Waals surface area contributed by atoms with E-state index in [2.05, 4.69) is 13.0 Å². The van der Waals surface area contributed by atoms with Crippen LogP contribution in [0.3, 0.4) is 0 Å². The number of hydrogen-bond donors (Lipinski definition) is 1. The lowest BCUT2D eigenvalue weighted by Crippen LogP contribution is -2.10. The molecule has 1 aromatic rings. The minimum atomic E-state index is -0.456. The quantitative estimate of drug-likeness (QED) is 0.830. The summed E-state index contributed by atoms with van der Waals surface area (Å²) in [5.41, 5.74) is 5.03. The molecule has 1 aliphatic rings. The van der Waals surface area contributed by atoms with Gasteiger partial charge in [-0.2, -0.15) is 0 Å². The number of aliphatic hydroxyl groups is 1. The summed E-state index contributed by atoms with van der Waals surface area (Å²) in [5.74, 6) is 0.841. The van der Waals surface area contributed by atoms with Gasteiger partial charge in [-0.3, -0.25) is 0 Å². The molecule has 2 rings (SSSR count). The molecule has 2 heteroatoms. The highest BCUT2D eigenvalue weighted by Crippen LogP contribution is 2.36. The molecule has 88 valence electrons. The molecule has 0 saturated heterocycles. The molecule has 0 aliphatic heterocycles. The van der Waals surface area contributed by atoms with Crippen LogP contribution >= 0.6 is 0 Å². The Morgan fingerprint density at radius 3 is 2.62 bits per heavy atom. The lowest BCUT2D eigenvalue weighted by atomic mass is 9.85. The normalized spacial score (nSPS) is 16.8. The molecule has 0 fully saturated rings. The number of methoxy groups -OCH3 is 1. The first-order valence-corrected chi connectivity index (χ1v) is 6.02. The van der Waals surface area contributed by atoms with Crippen molar-refractivity contribution in [2.24, 2.45) is 0 Å². The van der Waals surface area contributed by atoms with Crippen LogP contribution in [-0.4, -0.2) is 12.2 Å². The van der Waals surface area contributed by atoms with Crippen LogP contribution in [0, 0.1) is 6.92 Å². The smallest absolute Gasteiger partial charge is 0.125 e. The molecule has 1 aliphatic carbocycles. The summed E-state index contributed by atoms with van der Waals surface area (Å²) >= 11 is 0. The van der Waals surface area contributed by atoms with Gasteiger partial charge in [-0.1, -0.05) is 0 Å². The summed E-state index contributed by atoms with van der Waals surface area (Å²) < 4.78 is 5.39. The van der Waals surface area contributed by atoms with Gasteiger partial charge in [0.25, 0.3) is 0 Å². The minimum Gasteiger partial charge on any atom is -0.496 e. The Labute approximate surface area is 97.3 Å². The monoisotopic (exact) mass is 220 g/mol. The first-order valence-electron chi connectivity index (χ1n) is 6.02. The summed E-state index contributed by atoms with van der Waals surface area (Å²) in [5, 5.41) is 9.84. The van der Waals surface area contributed by atoms with Gasteiger partial charge in [0.05, 0.1) is 13.2 Å². The molecule has 1 aromatic carbocycles. The molecule has 16 heavy (non-hydrogen) atoms. The molecule has 1 atom stereocenters. The molecular weight excluding hydrogens is 200 g/mol. The van der Waals surface area contributed by atoms with Crippen LogP contribution in [0.15, 0.2) is 6.07 Å². The lowest BCUT2D eigenvalue weighted by molar-refractivity contribution is 0.193. The predicted octanol–water partition coefficient (Wildman–Crippen LogP) is 2.94. The highest BCUT2D eigenvalue weighted by molar-refractivity contribution is 5.51. The van der Waals surface area contributed by atoms with Gasteiger partial charge in [0, 0.05) is 5.56 Å². The maximum absolute atomic E-state index is 9.84. The zero-order valence-electron chi connectivity index (χ0n) is 10.3. The van der Waals surface area contributed by atoms with E-state index in [9.17, 15) is 5.11 Å². The molecule has 0 spiro atoms. The summed E-state index contributed by atoms with van der Waals surface area (Å²) in [4.78, 5) is 0. The molecule has 1 unspecified atom stereocenters. The van der Waals surface area contributed by atoms with Gasteiger partial charge >= 0.3 is 0 Å². The van der Waals surface area contributed by atoms with Gasteiger partial charge in [-0.25, -0.2) is 0 Å². The van der Waals surface area contributed by atoms with Crippen LogP contribution < -0.4 is 4.74 Å². The second kappa shape index (κ2) is 4.46. The van der Waals surface area contributed by atoms with E-state index in [0.717, 1.165) is 24.2 Å². The summed E-state index contributed by atoms with van der Waals surface area (Å²) in [6, 6.07) is 2.11. The van der Waals surface area contributed by atoms with E-state index in [0.29, 0.717) is 0 Å². The molecule has 0 aromatic heterocycles. The second-order valence-corrected chi connectivity index (χ2v) is 4.64. The van der Waals surface area contributed by atoms with Crippen molar-refractivity contribution < 1.29 is 9.84 Å². The molecule has 1 N–H and O–H groups in total. The third kappa shape index (κ3) is 1.82. The third-order valence-electron chi connectivity index (χ3n) is 3.58. The SMILES string of the molecule is COc1cc2c(c(C)c1C(C)O)CCCC2. The molecule has 0 bridgehead atoms. The fourth-order valence-corrected chi connectivity index (χ4v) is 2.79. The number of aliphatic hydroxyl groups excluding tert-OH is 1. The Balaban J connectivity index is 2.60.